The highest BCUT2D eigenvalue weighted by Crippen LogP contribution is 2.54. The van der Waals surface area contributed by atoms with Crippen molar-refractivity contribution in [1.29, 1.82) is 5.26 Å². The second-order valence-corrected chi connectivity index (χ2v) is 13.1. The fourth-order valence-electron chi connectivity index (χ4n) is 6.51. The number of nitriles is 1. The van der Waals surface area contributed by atoms with Crippen LogP contribution in [0.3, 0.4) is 0 Å². The molecule has 6 rings (SSSR count). The van der Waals surface area contributed by atoms with Crippen LogP contribution in [0.15, 0.2) is 16.8 Å². The van der Waals surface area contributed by atoms with Gasteiger partial charge in [-0.2, -0.15) is 5.26 Å². The average Bonchev–Trinajstić information content (AvgIpc) is 3.40. The molecule has 11 heteroatoms. The van der Waals surface area contributed by atoms with Gasteiger partial charge in [-0.25, -0.2) is 14.8 Å². The van der Waals surface area contributed by atoms with Gasteiger partial charge in [0.1, 0.15) is 22.4 Å². The first kappa shape index (κ1) is 26.6. The van der Waals surface area contributed by atoms with Gasteiger partial charge in [-0.05, 0) is 77.3 Å². The van der Waals surface area contributed by atoms with Crippen molar-refractivity contribution in [2.24, 2.45) is 0 Å². The van der Waals surface area contributed by atoms with Gasteiger partial charge in [0, 0.05) is 48.2 Å². The molecule has 2 aliphatic carbocycles. The molecule has 40 heavy (non-hydrogen) atoms. The molecule has 10 nitrogen and oxygen atoms in total. The number of amides is 1. The summed E-state index contributed by atoms with van der Waals surface area (Å²) >= 11 is 1.55. The molecule has 0 bridgehead atoms. The second-order valence-electron chi connectivity index (χ2n) is 11.9. The zero-order chi connectivity index (χ0) is 28.1. The highest BCUT2D eigenvalue weighted by molar-refractivity contribution is 7.16. The number of nitrogens with two attached hydrogens (primary N) is 1. The number of nitrogens with zero attached hydrogens (tertiary/aromatic N) is 6. The van der Waals surface area contributed by atoms with E-state index in [-0.39, 0.29) is 11.5 Å². The zero-order valence-electron chi connectivity index (χ0n) is 23.3. The summed E-state index contributed by atoms with van der Waals surface area (Å²) < 4.78 is 11.6. The third-order valence-electron chi connectivity index (χ3n) is 8.18. The number of ether oxygens (including phenoxy) is 1. The van der Waals surface area contributed by atoms with E-state index in [1.54, 1.807) is 22.4 Å². The Morgan fingerprint density at radius 2 is 1.98 bits per heavy atom. The molecule has 0 aromatic carbocycles. The van der Waals surface area contributed by atoms with Gasteiger partial charge in [-0.3, -0.25) is 0 Å². The lowest BCUT2D eigenvalue weighted by Crippen LogP contribution is -2.39. The number of aromatic nitrogens is 3. The van der Waals surface area contributed by atoms with E-state index < -0.39 is 5.60 Å². The van der Waals surface area contributed by atoms with Crippen molar-refractivity contribution >= 4 is 28.4 Å². The van der Waals surface area contributed by atoms with Crippen LogP contribution in [-0.2, 0) is 23.0 Å². The molecule has 3 aromatic heterocycles. The Hall–Kier alpha value is -3.65. The molecule has 1 saturated heterocycles. The van der Waals surface area contributed by atoms with Crippen LogP contribution in [0.5, 0.6) is 0 Å². The number of carbonyl (C=O) groups excluding carboxylic acids is 1. The Labute approximate surface area is 238 Å². The molecule has 0 radical (unpaired) electrons. The van der Waals surface area contributed by atoms with Crippen LogP contribution in [0.4, 0.5) is 15.7 Å². The molecule has 2 N–H and O–H groups in total. The third kappa shape index (κ3) is 4.58. The molecule has 1 aliphatic heterocycles. The van der Waals surface area contributed by atoms with Crippen molar-refractivity contribution < 1.29 is 14.1 Å². The summed E-state index contributed by atoms with van der Waals surface area (Å²) in [7, 11) is 0. The van der Waals surface area contributed by atoms with E-state index in [9.17, 15) is 10.1 Å². The van der Waals surface area contributed by atoms with Gasteiger partial charge in [0.2, 0.25) is 5.95 Å². The van der Waals surface area contributed by atoms with E-state index in [1.807, 2.05) is 26.8 Å². The molecule has 3 aromatic rings. The molecule has 0 unspecified atom stereocenters. The summed E-state index contributed by atoms with van der Waals surface area (Å²) in [6, 6.07) is 4.25. The van der Waals surface area contributed by atoms with Crippen LogP contribution in [-0.4, -0.2) is 57.9 Å². The minimum absolute atomic E-state index is 0.288. The largest absolute Gasteiger partial charge is 0.444 e. The topological polar surface area (TPSA) is 134 Å². The van der Waals surface area contributed by atoms with Crippen molar-refractivity contribution in [2.75, 3.05) is 36.8 Å². The molecule has 0 saturated carbocycles. The standard InChI is InChI=1S/C29H35N7O3S/c1-28(2,3)38-27(37)36-14-6-13-35(15-16-36)26-32-12-9-20(33-26)23-18-7-4-10-29(24(18)34-39-23)11-5-8-21-22(29)19(17-30)25(31)40-21/h9,12H,4-8,10-11,13-16,31H2,1-3H3/t29-/m0/s1. The predicted octanol–water partition coefficient (Wildman–Crippen LogP) is 5.05. The number of hydrogen-bond acceptors (Lipinski definition) is 10. The molecule has 4 heterocycles. The lowest BCUT2D eigenvalue weighted by atomic mass is 9.62. The molecule has 210 valence electrons. The minimum atomic E-state index is -0.527. The zero-order valence-corrected chi connectivity index (χ0v) is 24.1. The maximum Gasteiger partial charge on any atom is 0.410 e. The first-order chi connectivity index (χ1) is 19.2. The van der Waals surface area contributed by atoms with E-state index >= 15 is 0 Å². The number of rotatable bonds is 2. The summed E-state index contributed by atoms with van der Waals surface area (Å²) in [6.45, 7) is 8.15. The summed E-state index contributed by atoms with van der Waals surface area (Å²) in [6.07, 6.45) is 7.93. The molecular weight excluding hydrogens is 526 g/mol. The fourth-order valence-corrected chi connectivity index (χ4v) is 7.67. The van der Waals surface area contributed by atoms with Crippen molar-refractivity contribution in [2.45, 2.75) is 76.7 Å². The van der Waals surface area contributed by atoms with Crippen LogP contribution in [0.25, 0.3) is 11.5 Å². The Morgan fingerprint density at radius 3 is 2.75 bits per heavy atom. The quantitative estimate of drug-likeness (QED) is 0.456. The summed E-state index contributed by atoms with van der Waals surface area (Å²) in [4.78, 5) is 27.2. The molecule has 1 spiro atoms. The van der Waals surface area contributed by atoms with Gasteiger partial charge >= 0.3 is 6.09 Å². The molecule has 3 aliphatic rings. The lowest BCUT2D eigenvalue weighted by molar-refractivity contribution is 0.0263. The van der Waals surface area contributed by atoms with Gasteiger partial charge in [0.25, 0.3) is 0 Å². The van der Waals surface area contributed by atoms with Gasteiger partial charge in [0.05, 0.1) is 11.3 Å². The summed E-state index contributed by atoms with van der Waals surface area (Å²) in [5.41, 5.74) is 9.82. The first-order valence-electron chi connectivity index (χ1n) is 14.1. The van der Waals surface area contributed by atoms with Gasteiger partial charge in [-0.1, -0.05) is 5.16 Å². The fraction of sp³-hybridized carbons (Fsp3) is 0.552. The van der Waals surface area contributed by atoms with Gasteiger partial charge < -0.3 is 24.8 Å². The van der Waals surface area contributed by atoms with Crippen LogP contribution >= 0.6 is 11.3 Å². The molecule has 1 amide bonds. The Kier molecular flexibility index (Phi) is 6.69. The Balaban J connectivity index is 1.29. The second kappa shape index (κ2) is 10.1. The first-order valence-corrected chi connectivity index (χ1v) is 14.9. The number of nitrogen functional groups attached to an aromatic ring is 1. The number of fused-ring (bicyclic) bond motifs is 4. The van der Waals surface area contributed by atoms with E-state index in [1.165, 1.54) is 4.88 Å². The number of anilines is 2. The Morgan fingerprint density at radius 1 is 1.18 bits per heavy atom. The predicted molar refractivity (Wildman–Crippen MR) is 152 cm³/mol. The van der Waals surface area contributed by atoms with Crippen LogP contribution in [0, 0.1) is 11.3 Å². The average molecular weight is 562 g/mol. The number of aryl methyl sites for hydroxylation is 1. The van der Waals surface area contributed by atoms with Crippen molar-refractivity contribution in [3.05, 3.63) is 39.5 Å². The monoisotopic (exact) mass is 561 g/mol. The van der Waals surface area contributed by atoms with Gasteiger partial charge in [-0.15, -0.1) is 11.3 Å². The highest BCUT2D eigenvalue weighted by atomic mass is 32.1. The third-order valence-corrected chi connectivity index (χ3v) is 9.26. The number of hydrogen-bond donors (Lipinski definition) is 1. The highest BCUT2D eigenvalue weighted by Gasteiger charge is 2.48. The normalized spacial score (nSPS) is 20.9. The van der Waals surface area contributed by atoms with Crippen LogP contribution in [0.1, 0.15) is 80.1 Å². The summed E-state index contributed by atoms with van der Waals surface area (Å²) in [5, 5.41) is 15.2. The van der Waals surface area contributed by atoms with Crippen molar-refractivity contribution in [3.63, 3.8) is 0 Å². The van der Waals surface area contributed by atoms with E-state index in [0.29, 0.717) is 47.6 Å². The maximum atomic E-state index is 12.6. The van der Waals surface area contributed by atoms with Crippen LogP contribution in [0.2, 0.25) is 0 Å². The van der Waals surface area contributed by atoms with E-state index in [2.05, 4.69) is 21.1 Å². The van der Waals surface area contributed by atoms with E-state index in [4.69, 9.17) is 20.0 Å². The van der Waals surface area contributed by atoms with Gasteiger partial charge in [0.15, 0.2) is 5.76 Å². The molecule has 1 fully saturated rings. The van der Waals surface area contributed by atoms with Crippen molar-refractivity contribution in [1.82, 2.24) is 20.0 Å². The summed E-state index contributed by atoms with van der Waals surface area (Å²) in [5.74, 6) is 1.29. The maximum absolute atomic E-state index is 12.6. The number of carbonyl (C=O) groups is 1. The van der Waals surface area contributed by atoms with Crippen LogP contribution < -0.4 is 10.6 Å². The molecule has 1 atom stereocenters. The smallest absolute Gasteiger partial charge is 0.410 e. The Bertz CT molecular complexity index is 1480. The minimum Gasteiger partial charge on any atom is -0.444 e. The lowest BCUT2D eigenvalue weighted by Gasteiger charge is -2.39. The number of thiophene rings is 1. The van der Waals surface area contributed by atoms with E-state index in [0.717, 1.165) is 68.3 Å². The SMILES string of the molecule is CC(C)(C)OC(=O)N1CCCN(c2nccc(-c3onc4c3CCC[C@@]43CCCc4sc(N)c(C#N)c43)n2)CC1. The molecular formula is C29H35N7O3S. The van der Waals surface area contributed by atoms with Crippen molar-refractivity contribution in [3.8, 4) is 17.5 Å².